The van der Waals surface area contributed by atoms with E-state index in [0.717, 1.165) is 50.3 Å². The molecule has 0 aliphatic carbocycles. The van der Waals surface area contributed by atoms with Crippen molar-refractivity contribution >= 4 is 41.7 Å². The van der Waals surface area contributed by atoms with Crippen molar-refractivity contribution in [2.75, 3.05) is 44.2 Å². The number of amides is 1. The number of piperazine rings is 1. The van der Waals surface area contributed by atoms with Crippen LogP contribution >= 0.6 is 24.0 Å². The van der Waals surface area contributed by atoms with Crippen molar-refractivity contribution in [1.82, 2.24) is 20.5 Å². The summed E-state index contributed by atoms with van der Waals surface area (Å²) in [6.45, 7) is 6.64. The molecule has 2 aromatic heterocycles. The lowest BCUT2D eigenvalue weighted by Crippen LogP contribution is -2.53. The molecule has 0 saturated carbocycles. The minimum absolute atomic E-state index is 0. The van der Waals surface area contributed by atoms with E-state index in [1.807, 2.05) is 37.4 Å². The van der Waals surface area contributed by atoms with E-state index in [9.17, 15) is 4.79 Å². The normalized spacial score (nSPS) is 14.4. The number of nitrogens with one attached hydrogen (secondary N) is 2. The first kappa shape index (κ1) is 22.0. The Bertz CT molecular complexity index is 730. The van der Waals surface area contributed by atoms with E-state index in [2.05, 4.69) is 30.4 Å². The minimum Gasteiger partial charge on any atom is -0.467 e. The number of hydrogen-bond donors (Lipinski definition) is 2. The summed E-state index contributed by atoms with van der Waals surface area (Å²) >= 11 is 0. The van der Waals surface area contributed by atoms with Crippen LogP contribution in [0.25, 0.3) is 0 Å². The fraction of sp³-hybridized carbons (Fsp3) is 0.421. The molecular weight excluding hydrogens is 471 g/mol. The number of pyridine rings is 1. The Morgan fingerprint density at radius 3 is 2.64 bits per heavy atom. The molecule has 3 heterocycles. The summed E-state index contributed by atoms with van der Waals surface area (Å²) in [4.78, 5) is 25.4. The molecule has 8 nitrogen and oxygen atoms in total. The number of carbonyl (C=O) groups excluding carboxylic acids is 1. The number of anilines is 1. The zero-order valence-corrected chi connectivity index (χ0v) is 18.3. The molecule has 2 aromatic rings. The maximum Gasteiger partial charge on any atom is 0.242 e. The van der Waals surface area contributed by atoms with E-state index >= 15 is 0 Å². The lowest BCUT2D eigenvalue weighted by Gasteiger charge is -2.37. The summed E-state index contributed by atoms with van der Waals surface area (Å²) in [5, 5.41) is 6.09. The number of aromatic nitrogens is 1. The van der Waals surface area contributed by atoms with Crippen molar-refractivity contribution in [2.45, 2.75) is 13.5 Å². The van der Waals surface area contributed by atoms with Gasteiger partial charge >= 0.3 is 0 Å². The van der Waals surface area contributed by atoms with Gasteiger partial charge in [-0.3, -0.25) is 4.79 Å². The molecule has 152 valence electrons. The van der Waals surface area contributed by atoms with Crippen LogP contribution in [0.3, 0.4) is 0 Å². The number of aliphatic imine (C=N–C) groups is 1. The van der Waals surface area contributed by atoms with Crippen LogP contribution in [0.15, 0.2) is 52.2 Å². The Morgan fingerprint density at radius 2 is 2.00 bits per heavy atom. The van der Waals surface area contributed by atoms with E-state index in [0.29, 0.717) is 6.54 Å². The number of furan rings is 1. The van der Waals surface area contributed by atoms with Gasteiger partial charge in [0.1, 0.15) is 18.1 Å². The highest BCUT2D eigenvalue weighted by molar-refractivity contribution is 14.0. The molecule has 2 N–H and O–H groups in total. The predicted molar refractivity (Wildman–Crippen MR) is 120 cm³/mol. The van der Waals surface area contributed by atoms with Gasteiger partial charge in [-0.05, 0) is 31.2 Å². The van der Waals surface area contributed by atoms with Gasteiger partial charge in [0.25, 0.3) is 0 Å². The van der Waals surface area contributed by atoms with Gasteiger partial charge in [0.2, 0.25) is 5.91 Å². The second kappa shape index (κ2) is 11.5. The van der Waals surface area contributed by atoms with Crippen LogP contribution in [-0.2, 0) is 11.3 Å². The Kier molecular flexibility index (Phi) is 9.05. The van der Waals surface area contributed by atoms with Gasteiger partial charge in [-0.2, -0.15) is 0 Å². The van der Waals surface area contributed by atoms with Crippen LogP contribution in [0.1, 0.15) is 12.7 Å². The highest BCUT2D eigenvalue weighted by atomic mass is 127. The van der Waals surface area contributed by atoms with Crippen LogP contribution in [0.2, 0.25) is 0 Å². The van der Waals surface area contributed by atoms with Crippen molar-refractivity contribution in [3.63, 3.8) is 0 Å². The highest BCUT2D eigenvalue weighted by Crippen LogP contribution is 2.12. The van der Waals surface area contributed by atoms with Gasteiger partial charge in [-0.1, -0.05) is 6.07 Å². The SMILES string of the molecule is CCNC(=NCC(=O)NCc1ccco1)N1CCN(c2ccccn2)CC1.I. The molecule has 28 heavy (non-hydrogen) atoms. The second-order valence-corrected chi connectivity index (χ2v) is 6.19. The third-order valence-electron chi connectivity index (χ3n) is 4.30. The fourth-order valence-electron chi connectivity index (χ4n) is 2.92. The molecule has 0 aromatic carbocycles. The summed E-state index contributed by atoms with van der Waals surface area (Å²) in [7, 11) is 0. The van der Waals surface area contributed by atoms with Gasteiger partial charge in [-0.15, -0.1) is 24.0 Å². The van der Waals surface area contributed by atoms with Crippen molar-refractivity contribution < 1.29 is 9.21 Å². The Morgan fingerprint density at radius 1 is 1.18 bits per heavy atom. The molecule has 3 rings (SSSR count). The number of hydrogen-bond acceptors (Lipinski definition) is 5. The zero-order chi connectivity index (χ0) is 18.9. The summed E-state index contributed by atoms with van der Waals surface area (Å²) < 4.78 is 5.21. The van der Waals surface area contributed by atoms with Crippen LogP contribution in [0, 0.1) is 0 Å². The van der Waals surface area contributed by atoms with Crippen molar-refractivity contribution in [3.05, 3.63) is 48.6 Å². The number of rotatable bonds is 6. The second-order valence-electron chi connectivity index (χ2n) is 6.19. The average Bonchev–Trinajstić information content (AvgIpc) is 3.24. The summed E-state index contributed by atoms with van der Waals surface area (Å²) in [6, 6.07) is 9.58. The first-order valence-electron chi connectivity index (χ1n) is 9.24. The monoisotopic (exact) mass is 498 g/mol. The molecule has 9 heteroatoms. The number of nitrogens with zero attached hydrogens (tertiary/aromatic N) is 4. The van der Waals surface area contributed by atoms with Crippen LogP contribution in [0.5, 0.6) is 0 Å². The van der Waals surface area contributed by atoms with Crippen molar-refractivity contribution in [3.8, 4) is 0 Å². The lowest BCUT2D eigenvalue weighted by molar-refractivity contribution is -0.119. The van der Waals surface area contributed by atoms with Gasteiger partial charge in [0.15, 0.2) is 5.96 Å². The Balaban J connectivity index is 0.00000280. The van der Waals surface area contributed by atoms with Crippen LogP contribution < -0.4 is 15.5 Å². The Hall–Kier alpha value is -2.30. The average molecular weight is 498 g/mol. The van der Waals surface area contributed by atoms with E-state index < -0.39 is 0 Å². The van der Waals surface area contributed by atoms with E-state index in [-0.39, 0.29) is 36.4 Å². The molecule has 0 unspecified atom stereocenters. The highest BCUT2D eigenvalue weighted by Gasteiger charge is 2.20. The fourth-order valence-corrected chi connectivity index (χ4v) is 2.92. The van der Waals surface area contributed by atoms with Gasteiger partial charge in [0.05, 0.1) is 12.8 Å². The smallest absolute Gasteiger partial charge is 0.242 e. The van der Waals surface area contributed by atoms with Crippen LogP contribution in [-0.4, -0.2) is 61.0 Å². The maximum atomic E-state index is 12.0. The molecule has 0 atom stereocenters. The van der Waals surface area contributed by atoms with Crippen molar-refractivity contribution in [2.24, 2.45) is 4.99 Å². The molecule has 0 bridgehead atoms. The summed E-state index contributed by atoms with van der Waals surface area (Å²) in [6.07, 6.45) is 3.40. The first-order chi connectivity index (χ1) is 13.3. The van der Waals surface area contributed by atoms with Crippen molar-refractivity contribution in [1.29, 1.82) is 0 Å². The number of carbonyl (C=O) groups is 1. The van der Waals surface area contributed by atoms with E-state index in [4.69, 9.17) is 4.42 Å². The predicted octanol–water partition coefficient (Wildman–Crippen LogP) is 1.70. The molecule has 1 aliphatic heterocycles. The van der Waals surface area contributed by atoms with Gasteiger partial charge < -0.3 is 24.9 Å². The van der Waals surface area contributed by atoms with E-state index in [1.165, 1.54) is 0 Å². The van der Waals surface area contributed by atoms with Gasteiger partial charge in [-0.25, -0.2) is 9.98 Å². The quantitative estimate of drug-likeness (QED) is 0.359. The Labute approximate surface area is 182 Å². The molecule has 1 amide bonds. The van der Waals surface area contributed by atoms with E-state index in [1.54, 1.807) is 12.3 Å². The molecule has 1 aliphatic rings. The minimum atomic E-state index is -0.131. The lowest BCUT2D eigenvalue weighted by atomic mass is 10.3. The first-order valence-corrected chi connectivity index (χ1v) is 9.24. The van der Waals surface area contributed by atoms with Crippen LogP contribution in [0.4, 0.5) is 5.82 Å². The van der Waals surface area contributed by atoms with Gasteiger partial charge in [0, 0.05) is 38.9 Å². The summed E-state index contributed by atoms with van der Waals surface area (Å²) in [5.41, 5.74) is 0. The molecular formula is C19H27IN6O2. The molecule has 0 spiro atoms. The molecule has 1 saturated heterocycles. The summed E-state index contributed by atoms with van der Waals surface area (Å²) in [5.74, 6) is 2.36. The standard InChI is InChI=1S/C19H26N6O2.HI/c1-2-20-19(23-15-18(26)22-14-16-6-5-13-27-16)25-11-9-24(10-12-25)17-7-3-4-8-21-17;/h3-8,13H,2,9-12,14-15H2,1H3,(H,20,23)(H,22,26);1H. The number of guanidine groups is 1. The number of halogens is 1. The topological polar surface area (TPSA) is 86.0 Å². The third-order valence-corrected chi connectivity index (χ3v) is 4.30. The maximum absolute atomic E-state index is 12.0. The molecule has 0 radical (unpaired) electrons. The zero-order valence-electron chi connectivity index (χ0n) is 16.0. The largest absolute Gasteiger partial charge is 0.467 e. The molecule has 1 fully saturated rings. The third kappa shape index (κ3) is 6.39.